The molecule has 190 valence electrons. The number of ether oxygens (including phenoxy) is 3. The van der Waals surface area contributed by atoms with Crippen LogP contribution in [-0.2, 0) is 32.0 Å². The minimum atomic E-state index is -2.02. The molecule has 1 amide bonds. The van der Waals surface area contributed by atoms with E-state index in [1.54, 1.807) is 31.3 Å². The third-order valence-electron chi connectivity index (χ3n) is 7.41. The number of rotatable bonds is 6. The Labute approximate surface area is 199 Å². The Morgan fingerprint density at radius 1 is 1.15 bits per heavy atom. The van der Waals surface area contributed by atoms with Crippen LogP contribution in [0.15, 0.2) is 24.3 Å². The molecule has 2 saturated heterocycles. The Morgan fingerprint density at radius 2 is 1.85 bits per heavy atom. The van der Waals surface area contributed by atoms with Gasteiger partial charge in [0.1, 0.15) is 12.2 Å². The highest BCUT2D eigenvalue weighted by Crippen LogP contribution is 2.43. The molecule has 3 fully saturated rings. The van der Waals surface area contributed by atoms with Crippen LogP contribution in [0.2, 0.25) is 0 Å². The highest BCUT2D eigenvalue weighted by atomic mass is 16.8. The van der Waals surface area contributed by atoms with Crippen LogP contribution in [0.1, 0.15) is 37.8 Å². The number of amides is 1. The van der Waals surface area contributed by atoms with E-state index in [9.17, 15) is 25.2 Å². The van der Waals surface area contributed by atoms with Crippen LogP contribution in [0, 0.1) is 5.92 Å². The van der Waals surface area contributed by atoms with Gasteiger partial charge in [-0.15, -0.1) is 0 Å². The molecule has 6 N–H and O–H groups in total. The molecule has 0 radical (unpaired) electrons. The molecule has 0 bridgehead atoms. The van der Waals surface area contributed by atoms with Gasteiger partial charge in [0.25, 0.3) is 0 Å². The standard InChI is InChI=1S/C24H36N2O8/c1-4-15-19(29)18(25-3)21-22(20(15)30)33-23-24(31,34-21)16(9-12(2)32-23)26-17(28)10-13-7-5-6-8-14(13)11-27/h5-8,12,15-16,18-23,25,27,29-31H,4,9-11H2,1-3H3,(H,26,28)/t12-,15-,16-,18+,19+,20+,21?,22?,23?,24+/m1/s1. The Morgan fingerprint density at radius 3 is 2.50 bits per heavy atom. The van der Waals surface area contributed by atoms with Gasteiger partial charge < -0.3 is 45.3 Å². The van der Waals surface area contributed by atoms with Crippen molar-refractivity contribution in [1.82, 2.24) is 10.6 Å². The molecule has 0 spiro atoms. The van der Waals surface area contributed by atoms with Crippen molar-refractivity contribution in [3.05, 3.63) is 35.4 Å². The summed E-state index contributed by atoms with van der Waals surface area (Å²) in [5.74, 6) is -2.80. The summed E-state index contributed by atoms with van der Waals surface area (Å²) in [5.41, 5.74) is 1.34. The third-order valence-corrected chi connectivity index (χ3v) is 7.41. The molecular formula is C24H36N2O8. The summed E-state index contributed by atoms with van der Waals surface area (Å²) in [6.45, 7) is 3.50. The molecule has 10 heteroatoms. The van der Waals surface area contributed by atoms with Crippen LogP contribution < -0.4 is 10.6 Å². The lowest BCUT2D eigenvalue weighted by Gasteiger charge is -2.58. The first kappa shape index (κ1) is 25.5. The zero-order valence-electron chi connectivity index (χ0n) is 19.8. The lowest BCUT2D eigenvalue weighted by atomic mass is 9.74. The Bertz CT molecular complexity index is 871. The van der Waals surface area contributed by atoms with Gasteiger partial charge in [0, 0.05) is 5.92 Å². The van der Waals surface area contributed by atoms with E-state index in [0.717, 1.165) is 0 Å². The van der Waals surface area contributed by atoms with Gasteiger partial charge in [-0.2, -0.15) is 0 Å². The molecular weight excluding hydrogens is 444 g/mol. The largest absolute Gasteiger partial charge is 0.392 e. The maximum atomic E-state index is 12.9. The van der Waals surface area contributed by atoms with Gasteiger partial charge in [0.2, 0.25) is 18.0 Å². The van der Waals surface area contributed by atoms with Gasteiger partial charge in [0.05, 0.1) is 43.4 Å². The number of hydrogen-bond donors (Lipinski definition) is 6. The van der Waals surface area contributed by atoms with E-state index in [4.69, 9.17) is 14.2 Å². The summed E-state index contributed by atoms with van der Waals surface area (Å²) in [4.78, 5) is 12.9. The fourth-order valence-electron chi connectivity index (χ4n) is 5.54. The summed E-state index contributed by atoms with van der Waals surface area (Å²) in [5, 5.41) is 48.8. The maximum absolute atomic E-state index is 12.9. The van der Waals surface area contributed by atoms with Crippen LogP contribution in [-0.4, -0.2) is 88.1 Å². The van der Waals surface area contributed by atoms with E-state index >= 15 is 0 Å². The predicted molar refractivity (Wildman–Crippen MR) is 120 cm³/mol. The van der Waals surface area contributed by atoms with Gasteiger partial charge in [-0.25, -0.2) is 0 Å². The molecule has 10 nitrogen and oxygen atoms in total. The summed E-state index contributed by atoms with van der Waals surface area (Å²) >= 11 is 0. The third kappa shape index (κ3) is 4.49. The van der Waals surface area contributed by atoms with Crippen molar-refractivity contribution in [3.63, 3.8) is 0 Å². The molecule has 3 aliphatic rings. The molecule has 3 unspecified atom stereocenters. The number of carbonyl (C=O) groups excluding carboxylic acids is 1. The quantitative estimate of drug-likeness (QED) is 0.306. The van der Waals surface area contributed by atoms with Gasteiger partial charge in [0.15, 0.2) is 0 Å². The van der Waals surface area contributed by atoms with Crippen molar-refractivity contribution in [2.24, 2.45) is 5.92 Å². The summed E-state index contributed by atoms with van der Waals surface area (Å²) < 4.78 is 18.1. The van der Waals surface area contributed by atoms with E-state index in [1.165, 1.54) is 0 Å². The van der Waals surface area contributed by atoms with Gasteiger partial charge >= 0.3 is 0 Å². The Kier molecular flexibility index (Phi) is 7.61. The zero-order valence-corrected chi connectivity index (χ0v) is 19.8. The fourth-order valence-corrected chi connectivity index (χ4v) is 5.54. The lowest BCUT2D eigenvalue weighted by Crippen LogP contribution is -2.77. The summed E-state index contributed by atoms with van der Waals surface area (Å²) in [6, 6.07) is 5.65. The predicted octanol–water partition coefficient (Wildman–Crippen LogP) is -0.837. The monoisotopic (exact) mass is 480 g/mol. The van der Waals surface area contributed by atoms with E-state index in [0.29, 0.717) is 17.5 Å². The first-order valence-electron chi connectivity index (χ1n) is 11.9. The average Bonchev–Trinajstić information content (AvgIpc) is 2.80. The van der Waals surface area contributed by atoms with Crippen LogP contribution >= 0.6 is 0 Å². The summed E-state index contributed by atoms with van der Waals surface area (Å²) in [7, 11) is 1.67. The molecule has 4 rings (SSSR count). The van der Waals surface area contributed by atoms with Crippen molar-refractivity contribution in [1.29, 1.82) is 0 Å². The molecule has 2 aliphatic heterocycles. The number of carbonyl (C=O) groups is 1. The second-order valence-corrected chi connectivity index (χ2v) is 9.54. The zero-order chi connectivity index (χ0) is 24.6. The van der Waals surface area contributed by atoms with E-state index in [2.05, 4.69) is 10.6 Å². The van der Waals surface area contributed by atoms with Crippen LogP contribution in [0.3, 0.4) is 0 Å². The Balaban J connectivity index is 1.56. The molecule has 1 aliphatic carbocycles. The number of hydrogen-bond acceptors (Lipinski definition) is 9. The maximum Gasteiger partial charge on any atom is 0.239 e. The molecule has 1 aromatic carbocycles. The number of aliphatic hydroxyl groups is 4. The van der Waals surface area contributed by atoms with Crippen molar-refractivity contribution < 1.29 is 39.4 Å². The number of fused-ring (bicyclic) bond motifs is 2. The van der Waals surface area contributed by atoms with Gasteiger partial charge in [-0.3, -0.25) is 4.79 Å². The van der Waals surface area contributed by atoms with Crippen molar-refractivity contribution in [2.75, 3.05) is 7.05 Å². The molecule has 1 saturated carbocycles. The smallest absolute Gasteiger partial charge is 0.239 e. The van der Waals surface area contributed by atoms with E-state index in [1.807, 2.05) is 13.8 Å². The molecule has 2 heterocycles. The molecule has 0 aromatic heterocycles. The van der Waals surface area contributed by atoms with Crippen molar-refractivity contribution in [2.45, 2.75) is 94.4 Å². The first-order valence-corrected chi connectivity index (χ1v) is 11.9. The number of likely N-dealkylation sites (N-methyl/N-ethyl adjacent to an activating group) is 1. The van der Waals surface area contributed by atoms with Gasteiger partial charge in [-0.1, -0.05) is 31.2 Å². The highest BCUT2D eigenvalue weighted by molar-refractivity contribution is 5.79. The van der Waals surface area contributed by atoms with Gasteiger partial charge in [-0.05, 0) is 37.9 Å². The molecule has 34 heavy (non-hydrogen) atoms. The molecule has 10 atom stereocenters. The average molecular weight is 481 g/mol. The van der Waals surface area contributed by atoms with Crippen molar-refractivity contribution >= 4 is 5.91 Å². The second kappa shape index (κ2) is 10.2. The summed E-state index contributed by atoms with van der Waals surface area (Å²) in [6.07, 6.45) is -4.38. The SMILES string of the molecule is CC[C@@H]1[C@H](O)[C@H](NC)C2O[C@]3(O)C(OC2[C@H]1O)O[C@H](C)C[C@H]3NC(=O)Cc1ccccc1CO. The number of benzene rings is 1. The van der Waals surface area contributed by atoms with Crippen LogP contribution in [0.25, 0.3) is 0 Å². The molecule has 1 aromatic rings. The normalized spacial score (nSPS) is 41.9. The van der Waals surface area contributed by atoms with E-state index < -0.39 is 54.5 Å². The highest BCUT2D eigenvalue weighted by Gasteiger charge is 2.63. The minimum absolute atomic E-state index is 0.0187. The minimum Gasteiger partial charge on any atom is -0.392 e. The number of nitrogens with one attached hydrogen (secondary N) is 2. The lowest BCUT2D eigenvalue weighted by molar-refractivity contribution is -0.450. The van der Waals surface area contributed by atoms with Crippen LogP contribution in [0.4, 0.5) is 0 Å². The van der Waals surface area contributed by atoms with E-state index in [-0.39, 0.29) is 31.5 Å². The topological polar surface area (TPSA) is 150 Å². The Hall–Kier alpha value is -1.63. The van der Waals surface area contributed by atoms with Crippen LogP contribution in [0.5, 0.6) is 0 Å². The second-order valence-electron chi connectivity index (χ2n) is 9.54. The first-order chi connectivity index (χ1) is 16.2. The fraction of sp³-hybridized carbons (Fsp3) is 0.708. The van der Waals surface area contributed by atoms with Crippen molar-refractivity contribution in [3.8, 4) is 0 Å². The number of aliphatic hydroxyl groups excluding tert-OH is 3.